The third kappa shape index (κ3) is 4.32. The second kappa shape index (κ2) is 8.57. The molecule has 2 aliphatic rings. The summed E-state index contributed by atoms with van der Waals surface area (Å²) in [5.41, 5.74) is 3.72. The van der Waals surface area contributed by atoms with Crippen LogP contribution in [0.15, 0.2) is 30.6 Å². The molecule has 29 heavy (non-hydrogen) atoms. The van der Waals surface area contributed by atoms with E-state index in [2.05, 4.69) is 54.8 Å². The Morgan fingerprint density at radius 2 is 2.00 bits per heavy atom. The molecule has 0 bridgehead atoms. The Balaban J connectivity index is 1.34. The number of nitrogens with one attached hydrogen (secondary N) is 3. The summed E-state index contributed by atoms with van der Waals surface area (Å²) in [7, 11) is 0. The molecule has 0 spiro atoms. The molecule has 2 saturated heterocycles. The van der Waals surface area contributed by atoms with Crippen LogP contribution in [0.3, 0.4) is 0 Å². The van der Waals surface area contributed by atoms with Crippen LogP contribution < -0.4 is 15.5 Å². The zero-order valence-corrected chi connectivity index (χ0v) is 17.9. The number of anilines is 4. The zero-order chi connectivity index (χ0) is 19.5. The first-order valence-electron chi connectivity index (χ1n) is 10.1. The molecule has 4 heterocycles. The fraction of sp³-hybridized carbons (Fsp3) is 0.450. The van der Waals surface area contributed by atoms with Gasteiger partial charge in [0.2, 0.25) is 0 Å². The monoisotopic (exact) mass is 459 g/mol. The number of nitrogens with zero attached hydrogens (tertiary/aromatic N) is 4. The fourth-order valence-corrected chi connectivity index (χ4v) is 6.00. The van der Waals surface area contributed by atoms with E-state index in [-0.39, 0.29) is 0 Å². The average molecular weight is 458 g/mol. The third-order valence-corrected chi connectivity index (χ3v) is 7.84. The van der Waals surface area contributed by atoms with Crippen molar-refractivity contribution >= 4 is 49.3 Å². The Morgan fingerprint density at radius 3 is 2.79 bits per heavy atom. The van der Waals surface area contributed by atoms with E-state index in [1.165, 1.54) is 29.2 Å². The molecule has 3 aromatic rings. The van der Waals surface area contributed by atoms with Gasteiger partial charge in [-0.2, -0.15) is 0 Å². The Morgan fingerprint density at radius 1 is 1.14 bits per heavy atom. The molecule has 2 aromatic heterocycles. The van der Waals surface area contributed by atoms with E-state index in [0.717, 1.165) is 58.3 Å². The molecule has 1 atom stereocenters. The Kier molecular flexibility index (Phi) is 5.51. The number of hydrogen-bond donors (Lipinski definition) is 3. The van der Waals surface area contributed by atoms with Gasteiger partial charge in [0.25, 0.3) is 0 Å². The molecule has 5 rings (SSSR count). The van der Waals surface area contributed by atoms with Gasteiger partial charge in [0.15, 0.2) is 0 Å². The maximum atomic E-state index is 5.43. The van der Waals surface area contributed by atoms with Gasteiger partial charge < -0.3 is 4.74 Å². The second-order valence-electron chi connectivity index (χ2n) is 7.33. The Hall–Kier alpha value is -2.35. The second-order valence-corrected chi connectivity index (χ2v) is 9.74. The molecule has 1 aromatic carbocycles. The number of hydrogen-bond acceptors (Lipinski definition) is 7. The van der Waals surface area contributed by atoms with Crippen LogP contribution in [0.25, 0.3) is 11.2 Å². The summed E-state index contributed by atoms with van der Waals surface area (Å²) < 4.78 is 5.43. The van der Waals surface area contributed by atoms with Gasteiger partial charge in [0, 0.05) is 13.1 Å². The van der Waals surface area contributed by atoms with E-state index in [0.29, 0.717) is 17.6 Å². The van der Waals surface area contributed by atoms with E-state index in [4.69, 9.17) is 9.72 Å². The summed E-state index contributed by atoms with van der Waals surface area (Å²) in [4.78, 5) is 19.2. The van der Waals surface area contributed by atoms with Crippen LogP contribution in [0.1, 0.15) is 12.8 Å². The van der Waals surface area contributed by atoms with Gasteiger partial charge in [-0.15, -0.1) is 0 Å². The minimum absolute atomic E-state index is 0.491. The van der Waals surface area contributed by atoms with Crippen molar-refractivity contribution < 1.29 is 4.74 Å². The van der Waals surface area contributed by atoms with Crippen molar-refractivity contribution in [2.75, 3.05) is 41.8 Å². The zero-order valence-electron chi connectivity index (χ0n) is 16.2. The van der Waals surface area contributed by atoms with E-state index in [1.54, 1.807) is 6.33 Å². The van der Waals surface area contributed by atoms with Crippen LogP contribution in [0.5, 0.6) is 0 Å². The quantitative estimate of drug-likeness (QED) is 0.507. The molecule has 8 nitrogen and oxygen atoms in total. The van der Waals surface area contributed by atoms with Gasteiger partial charge in [-0.1, -0.05) is 0 Å². The van der Waals surface area contributed by atoms with E-state index >= 15 is 0 Å². The minimum atomic E-state index is 0.491. The number of morpholine rings is 1. The van der Waals surface area contributed by atoms with E-state index in [1.807, 2.05) is 0 Å². The van der Waals surface area contributed by atoms with Crippen LogP contribution >= 0.6 is 0 Å². The fourth-order valence-electron chi connectivity index (χ4n) is 3.75. The predicted octanol–water partition coefficient (Wildman–Crippen LogP) is 3.05. The van der Waals surface area contributed by atoms with Crippen molar-refractivity contribution in [3.8, 4) is 0 Å². The molecule has 0 amide bonds. The molecule has 2 fully saturated rings. The number of imidazole rings is 1. The van der Waals surface area contributed by atoms with Crippen molar-refractivity contribution in [3.63, 3.8) is 0 Å². The number of rotatable bonds is 5. The summed E-state index contributed by atoms with van der Waals surface area (Å²) in [5.74, 6) is 1.40. The SMILES string of the molecule is c1nc2nc(Nc3ccc(N4CCOCC4)cc3)nc(N[C@H]3CCC[Se]C3)c2[nH]1. The number of aromatic nitrogens is 4. The first-order chi connectivity index (χ1) is 14.3. The average Bonchev–Trinajstić information content (AvgIpc) is 3.25. The molecule has 0 saturated carbocycles. The van der Waals surface area contributed by atoms with Crippen molar-refractivity contribution in [1.82, 2.24) is 19.9 Å². The summed E-state index contributed by atoms with van der Waals surface area (Å²) >= 11 is 0.735. The molecule has 152 valence electrons. The molecule has 2 aliphatic heterocycles. The number of ether oxygens (including phenoxy) is 1. The number of benzene rings is 1. The molecule has 0 unspecified atom stereocenters. The van der Waals surface area contributed by atoms with Crippen molar-refractivity contribution in [2.24, 2.45) is 0 Å². The van der Waals surface area contributed by atoms with E-state index < -0.39 is 0 Å². The first kappa shape index (κ1) is 18.7. The Labute approximate surface area is 176 Å². The molecular weight excluding hydrogens is 433 g/mol. The van der Waals surface area contributed by atoms with Crippen LogP contribution in [-0.4, -0.2) is 67.2 Å². The molecule has 0 aliphatic carbocycles. The summed E-state index contributed by atoms with van der Waals surface area (Å²) in [6.07, 6.45) is 4.18. The van der Waals surface area contributed by atoms with Gasteiger partial charge in [-0.3, -0.25) is 0 Å². The van der Waals surface area contributed by atoms with Gasteiger partial charge in [-0.25, -0.2) is 0 Å². The molecule has 0 radical (unpaired) electrons. The number of aromatic amines is 1. The van der Waals surface area contributed by atoms with Crippen LogP contribution in [0, 0.1) is 0 Å². The standard InChI is InChI=1S/C20H25N7OSe/c1-2-15(12-29-11-1)23-19-17-18(22-13-21-17)25-20(26-19)24-14-3-5-16(6-4-14)27-7-9-28-10-8-27/h3-6,13,15H,1-2,7-12H2,(H3,21,22,23,24,25,26)/t15-/m0/s1. The summed E-state index contributed by atoms with van der Waals surface area (Å²) in [6, 6.07) is 8.89. The van der Waals surface area contributed by atoms with Crippen molar-refractivity contribution in [2.45, 2.75) is 29.5 Å². The normalized spacial score (nSPS) is 20.0. The predicted molar refractivity (Wildman–Crippen MR) is 116 cm³/mol. The third-order valence-electron chi connectivity index (χ3n) is 5.29. The molecule has 9 heteroatoms. The topological polar surface area (TPSA) is 91.0 Å². The maximum absolute atomic E-state index is 5.43. The van der Waals surface area contributed by atoms with Crippen molar-refractivity contribution in [3.05, 3.63) is 30.6 Å². The van der Waals surface area contributed by atoms with Gasteiger partial charge in [0.05, 0.1) is 13.2 Å². The van der Waals surface area contributed by atoms with Crippen LogP contribution in [0.4, 0.5) is 23.1 Å². The molecule has 3 N–H and O–H groups in total. The molecular formula is C20H25N7OSe. The first-order valence-corrected chi connectivity index (χ1v) is 12.5. The van der Waals surface area contributed by atoms with Gasteiger partial charge in [0.1, 0.15) is 0 Å². The van der Waals surface area contributed by atoms with Crippen LogP contribution in [0.2, 0.25) is 10.6 Å². The van der Waals surface area contributed by atoms with Gasteiger partial charge in [-0.05, 0) is 0 Å². The Bertz CT molecular complexity index is 949. The van der Waals surface area contributed by atoms with Gasteiger partial charge >= 0.3 is 145 Å². The van der Waals surface area contributed by atoms with E-state index in [9.17, 15) is 0 Å². The summed E-state index contributed by atoms with van der Waals surface area (Å²) in [5, 5.41) is 9.60. The van der Waals surface area contributed by atoms with Crippen molar-refractivity contribution in [1.29, 1.82) is 0 Å². The number of fused-ring (bicyclic) bond motifs is 1. The number of H-pyrrole nitrogens is 1. The van der Waals surface area contributed by atoms with Crippen LogP contribution in [-0.2, 0) is 4.74 Å². The summed E-state index contributed by atoms with van der Waals surface area (Å²) in [6.45, 7) is 3.44.